The van der Waals surface area contributed by atoms with Gasteiger partial charge in [0.1, 0.15) is 5.75 Å². The number of aryl methyl sites for hydroxylation is 1. The van der Waals surface area contributed by atoms with Crippen LogP contribution in [0.15, 0.2) is 18.2 Å². The minimum Gasteiger partial charge on any atom is -0.497 e. The molecule has 18 heavy (non-hydrogen) atoms. The first-order valence-corrected chi connectivity index (χ1v) is 6.79. The quantitative estimate of drug-likeness (QED) is 0.887. The summed E-state index contributed by atoms with van der Waals surface area (Å²) in [5.74, 6) is 1.68. The molecule has 1 aromatic rings. The van der Waals surface area contributed by atoms with Crippen LogP contribution in [0.4, 0.5) is 0 Å². The monoisotopic (exact) mass is 248 g/mol. The highest BCUT2D eigenvalue weighted by molar-refractivity contribution is 5.34. The highest BCUT2D eigenvalue weighted by Gasteiger charge is 2.18. The fourth-order valence-electron chi connectivity index (χ4n) is 2.59. The zero-order chi connectivity index (χ0) is 13.0. The van der Waals surface area contributed by atoms with Crippen molar-refractivity contribution >= 4 is 0 Å². The van der Waals surface area contributed by atoms with E-state index in [4.69, 9.17) is 10.5 Å². The first kappa shape index (κ1) is 13.4. The number of nitrogens with two attached hydrogens (primary N) is 1. The summed E-state index contributed by atoms with van der Waals surface area (Å²) in [5, 5.41) is 0. The summed E-state index contributed by atoms with van der Waals surface area (Å²) < 4.78 is 5.24. The third-order valence-electron chi connectivity index (χ3n) is 3.98. The highest BCUT2D eigenvalue weighted by atomic mass is 16.5. The molecule has 100 valence electrons. The van der Waals surface area contributed by atoms with Gasteiger partial charge < -0.3 is 10.5 Å². The topological polar surface area (TPSA) is 38.5 Å². The molecule has 0 atom stereocenters. The predicted octanol–water partition coefficient (Wildman–Crippen LogP) is 2.17. The minimum atomic E-state index is 0.734. The Balaban J connectivity index is 1.94. The smallest absolute Gasteiger partial charge is 0.119 e. The second kappa shape index (κ2) is 6.21. The van der Waals surface area contributed by atoms with Crippen molar-refractivity contribution in [2.45, 2.75) is 26.3 Å². The average Bonchev–Trinajstić information content (AvgIpc) is 2.42. The fraction of sp³-hybridized carbons (Fsp3) is 0.600. The Kier molecular flexibility index (Phi) is 4.61. The third kappa shape index (κ3) is 3.24. The zero-order valence-corrected chi connectivity index (χ0v) is 11.5. The molecule has 1 aliphatic rings. The minimum absolute atomic E-state index is 0.734. The lowest BCUT2D eigenvalue weighted by atomic mass is 9.96. The summed E-state index contributed by atoms with van der Waals surface area (Å²) in [6, 6.07) is 6.35. The first-order chi connectivity index (χ1) is 8.72. The second-order valence-corrected chi connectivity index (χ2v) is 5.25. The van der Waals surface area contributed by atoms with E-state index in [0.29, 0.717) is 0 Å². The van der Waals surface area contributed by atoms with Gasteiger partial charge in [-0.1, -0.05) is 6.07 Å². The lowest BCUT2D eigenvalue weighted by Crippen LogP contribution is -2.35. The van der Waals surface area contributed by atoms with Gasteiger partial charge in [-0.3, -0.25) is 4.90 Å². The van der Waals surface area contributed by atoms with E-state index in [1.165, 1.54) is 37.1 Å². The molecule has 1 fully saturated rings. The van der Waals surface area contributed by atoms with Crippen molar-refractivity contribution in [3.63, 3.8) is 0 Å². The third-order valence-corrected chi connectivity index (χ3v) is 3.98. The Morgan fingerprint density at radius 2 is 2.06 bits per heavy atom. The van der Waals surface area contributed by atoms with E-state index in [1.807, 2.05) is 0 Å². The van der Waals surface area contributed by atoms with Gasteiger partial charge in [-0.25, -0.2) is 0 Å². The lowest BCUT2D eigenvalue weighted by molar-refractivity contribution is 0.180. The predicted molar refractivity (Wildman–Crippen MR) is 74.8 cm³/mol. The van der Waals surface area contributed by atoms with Crippen molar-refractivity contribution in [2.75, 3.05) is 26.7 Å². The van der Waals surface area contributed by atoms with E-state index >= 15 is 0 Å². The molecule has 0 bridgehead atoms. The van der Waals surface area contributed by atoms with Crippen molar-refractivity contribution in [3.8, 4) is 5.75 Å². The molecule has 0 saturated carbocycles. The molecular formula is C15H24N2O. The van der Waals surface area contributed by atoms with Crippen LogP contribution in [-0.4, -0.2) is 31.6 Å². The first-order valence-electron chi connectivity index (χ1n) is 6.79. The molecule has 1 saturated heterocycles. The maximum atomic E-state index is 5.72. The van der Waals surface area contributed by atoms with E-state index in [9.17, 15) is 0 Å². The van der Waals surface area contributed by atoms with Gasteiger partial charge in [-0.2, -0.15) is 0 Å². The molecule has 1 aromatic carbocycles. The Morgan fingerprint density at radius 3 is 2.61 bits per heavy atom. The van der Waals surface area contributed by atoms with E-state index in [-0.39, 0.29) is 0 Å². The molecule has 3 heteroatoms. The average molecular weight is 248 g/mol. The number of hydrogen-bond acceptors (Lipinski definition) is 3. The molecule has 2 N–H and O–H groups in total. The normalized spacial score (nSPS) is 17.9. The van der Waals surface area contributed by atoms with Crippen LogP contribution in [0, 0.1) is 12.8 Å². The SMILES string of the molecule is COc1ccc(CN2CCC(CN)CC2)c(C)c1. The van der Waals surface area contributed by atoms with Crippen LogP contribution in [0.2, 0.25) is 0 Å². The fourth-order valence-corrected chi connectivity index (χ4v) is 2.59. The maximum absolute atomic E-state index is 5.72. The molecule has 0 aliphatic carbocycles. The van der Waals surface area contributed by atoms with E-state index in [2.05, 4.69) is 30.0 Å². The van der Waals surface area contributed by atoms with Crippen LogP contribution < -0.4 is 10.5 Å². The van der Waals surface area contributed by atoms with Crippen LogP contribution in [0.3, 0.4) is 0 Å². The van der Waals surface area contributed by atoms with Crippen LogP contribution in [-0.2, 0) is 6.54 Å². The lowest BCUT2D eigenvalue weighted by Gasteiger charge is -2.31. The highest BCUT2D eigenvalue weighted by Crippen LogP contribution is 2.21. The van der Waals surface area contributed by atoms with Crippen molar-refractivity contribution in [2.24, 2.45) is 11.7 Å². The molecule has 2 rings (SSSR count). The molecule has 1 heterocycles. The van der Waals surface area contributed by atoms with Crippen molar-refractivity contribution in [1.82, 2.24) is 4.90 Å². The largest absolute Gasteiger partial charge is 0.497 e. The van der Waals surface area contributed by atoms with Crippen LogP contribution >= 0.6 is 0 Å². The summed E-state index contributed by atoms with van der Waals surface area (Å²) in [7, 11) is 1.71. The number of nitrogens with zero attached hydrogens (tertiary/aromatic N) is 1. The molecule has 0 radical (unpaired) electrons. The van der Waals surface area contributed by atoms with Crippen molar-refractivity contribution in [3.05, 3.63) is 29.3 Å². The number of hydrogen-bond donors (Lipinski definition) is 1. The summed E-state index contributed by atoms with van der Waals surface area (Å²) >= 11 is 0. The molecule has 0 amide bonds. The molecule has 1 aliphatic heterocycles. The standard InChI is InChI=1S/C15H24N2O/c1-12-9-15(18-2)4-3-14(12)11-17-7-5-13(10-16)6-8-17/h3-4,9,13H,5-8,10-11,16H2,1-2H3. The summed E-state index contributed by atoms with van der Waals surface area (Å²) in [5.41, 5.74) is 8.44. The Labute approximate surface area is 110 Å². The summed E-state index contributed by atoms with van der Waals surface area (Å²) in [6.07, 6.45) is 2.48. The molecular weight excluding hydrogens is 224 g/mol. The second-order valence-electron chi connectivity index (χ2n) is 5.25. The van der Waals surface area contributed by atoms with E-state index in [1.54, 1.807) is 7.11 Å². The number of rotatable bonds is 4. The maximum Gasteiger partial charge on any atom is 0.119 e. The molecule has 0 spiro atoms. The van der Waals surface area contributed by atoms with Gasteiger partial charge in [0.25, 0.3) is 0 Å². The van der Waals surface area contributed by atoms with Crippen molar-refractivity contribution in [1.29, 1.82) is 0 Å². The van der Waals surface area contributed by atoms with Gasteiger partial charge in [0.2, 0.25) is 0 Å². The molecule has 0 aromatic heterocycles. The number of piperidine rings is 1. The van der Waals surface area contributed by atoms with Gasteiger partial charge in [-0.05, 0) is 68.6 Å². The molecule has 0 unspecified atom stereocenters. The number of methoxy groups -OCH3 is 1. The summed E-state index contributed by atoms with van der Waals surface area (Å²) in [6.45, 7) is 6.40. The van der Waals surface area contributed by atoms with Gasteiger partial charge in [0.05, 0.1) is 7.11 Å². The Bertz CT molecular complexity index is 384. The van der Waals surface area contributed by atoms with Gasteiger partial charge in [0.15, 0.2) is 0 Å². The van der Waals surface area contributed by atoms with Crippen LogP contribution in [0.5, 0.6) is 5.75 Å². The Morgan fingerprint density at radius 1 is 1.33 bits per heavy atom. The molecule has 3 nitrogen and oxygen atoms in total. The number of benzene rings is 1. The number of likely N-dealkylation sites (tertiary alicyclic amines) is 1. The van der Waals surface area contributed by atoms with Gasteiger partial charge in [-0.15, -0.1) is 0 Å². The number of ether oxygens (including phenoxy) is 1. The van der Waals surface area contributed by atoms with E-state index < -0.39 is 0 Å². The van der Waals surface area contributed by atoms with E-state index in [0.717, 1.165) is 24.8 Å². The Hall–Kier alpha value is -1.06. The van der Waals surface area contributed by atoms with Gasteiger partial charge >= 0.3 is 0 Å². The van der Waals surface area contributed by atoms with Crippen LogP contribution in [0.1, 0.15) is 24.0 Å². The summed E-state index contributed by atoms with van der Waals surface area (Å²) in [4.78, 5) is 2.53. The van der Waals surface area contributed by atoms with Crippen molar-refractivity contribution < 1.29 is 4.74 Å². The van der Waals surface area contributed by atoms with Crippen LogP contribution in [0.25, 0.3) is 0 Å². The zero-order valence-electron chi connectivity index (χ0n) is 11.5. The van der Waals surface area contributed by atoms with Gasteiger partial charge in [0, 0.05) is 6.54 Å².